The summed E-state index contributed by atoms with van der Waals surface area (Å²) in [4.78, 5) is 36.2. The second-order valence-corrected chi connectivity index (χ2v) is 14.6. The fourth-order valence-corrected chi connectivity index (χ4v) is 7.16. The highest BCUT2D eigenvalue weighted by molar-refractivity contribution is 7.62. The van der Waals surface area contributed by atoms with Gasteiger partial charge in [-0.1, -0.05) is 103 Å². The summed E-state index contributed by atoms with van der Waals surface area (Å²) in [5.41, 5.74) is 6.44. The van der Waals surface area contributed by atoms with Crippen molar-refractivity contribution >= 4 is 32.4 Å². The van der Waals surface area contributed by atoms with Crippen LogP contribution in [-0.2, 0) is 34.0 Å². The van der Waals surface area contributed by atoms with E-state index >= 15 is 0 Å². The molecule has 0 saturated heterocycles. The summed E-state index contributed by atoms with van der Waals surface area (Å²) in [6.45, 7) is 1.72. The molecule has 0 aliphatic heterocycles. The van der Waals surface area contributed by atoms with Crippen molar-refractivity contribution in [1.29, 1.82) is 0 Å². The van der Waals surface area contributed by atoms with Gasteiger partial charge in [0.05, 0.1) is 38.8 Å². The first-order valence-corrected chi connectivity index (χ1v) is 19.5. The molecule has 260 valence electrons. The Morgan fingerprint density at radius 1 is 0.844 bits per heavy atom. The summed E-state index contributed by atoms with van der Waals surface area (Å²) >= 11 is 0. The number of phosphoric acid groups is 1. The number of rotatable bonds is 29. The summed E-state index contributed by atoms with van der Waals surface area (Å²) in [5.74, 6) is 0.162. The highest BCUT2D eigenvalue weighted by atomic mass is 31.3. The summed E-state index contributed by atoms with van der Waals surface area (Å²) in [6.07, 6.45) is 20.9. The number of aliphatic hydroxyl groups is 1. The van der Waals surface area contributed by atoms with Gasteiger partial charge in [0.1, 0.15) is 18.2 Å². The van der Waals surface area contributed by atoms with Gasteiger partial charge in [-0.25, -0.2) is 15.0 Å². The summed E-state index contributed by atoms with van der Waals surface area (Å²) < 4.78 is 45.1. The van der Waals surface area contributed by atoms with Crippen molar-refractivity contribution in [2.24, 2.45) is 0 Å². The molecular weight excluding hydrogens is 624 g/mol. The Hall–Kier alpha value is -1.47. The lowest BCUT2D eigenvalue weighted by molar-refractivity contribution is -0.234. The van der Waals surface area contributed by atoms with E-state index in [1.165, 1.54) is 101 Å². The van der Waals surface area contributed by atoms with E-state index in [9.17, 15) is 24.0 Å². The van der Waals surface area contributed by atoms with Gasteiger partial charge < -0.3 is 43.8 Å². The van der Waals surface area contributed by atoms with Crippen molar-refractivity contribution < 1.29 is 42.3 Å². The minimum atomic E-state index is -5.17. The zero-order chi connectivity index (χ0) is 32.8. The molecule has 0 saturated carbocycles. The molecule has 2 rings (SSSR count). The molecule has 3 N–H and O–H groups in total. The second-order valence-electron chi connectivity index (χ2n) is 11.3. The number of fused-ring (bicyclic) bond motifs is 1. The van der Waals surface area contributed by atoms with Crippen molar-refractivity contribution in [1.82, 2.24) is 19.5 Å². The van der Waals surface area contributed by atoms with Crippen LogP contribution in [-0.4, -0.2) is 63.5 Å². The van der Waals surface area contributed by atoms with E-state index in [0.29, 0.717) is 17.8 Å². The van der Waals surface area contributed by atoms with Crippen LogP contribution >= 0.6 is 15.4 Å². The molecular formula is C29H53N5O9P2-2. The van der Waals surface area contributed by atoms with Crippen LogP contribution in [0.25, 0.3) is 11.2 Å². The third kappa shape index (κ3) is 17.9. The van der Waals surface area contributed by atoms with Crippen molar-refractivity contribution in [3.8, 4) is 0 Å². The van der Waals surface area contributed by atoms with Gasteiger partial charge in [-0.05, 0) is 6.42 Å². The number of aromatic nitrogens is 4. The molecule has 0 aromatic carbocycles. The van der Waals surface area contributed by atoms with Crippen LogP contribution in [0.1, 0.15) is 110 Å². The van der Waals surface area contributed by atoms with Gasteiger partial charge in [-0.3, -0.25) is 8.88 Å². The van der Waals surface area contributed by atoms with E-state index in [-0.39, 0.29) is 25.6 Å². The number of unbranched alkanes of at least 4 members (excludes halogenated alkanes) is 15. The fourth-order valence-electron chi connectivity index (χ4n) is 4.87. The van der Waals surface area contributed by atoms with Crippen LogP contribution in [0.3, 0.4) is 0 Å². The number of hydrogen-bond acceptors (Lipinski definition) is 13. The third-order valence-corrected chi connectivity index (χ3v) is 10.1. The average Bonchev–Trinajstić information content (AvgIpc) is 3.41. The molecule has 0 aliphatic rings. The molecule has 0 amide bonds. The number of anilines is 1. The Bertz CT molecular complexity index is 1160. The van der Waals surface area contributed by atoms with E-state index in [2.05, 4.69) is 30.7 Å². The molecule has 2 unspecified atom stereocenters. The van der Waals surface area contributed by atoms with Crippen LogP contribution in [0.5, 0.6) is 0 Å². The molecule has 0 radical (unpaired) electrons. The molecule has 2 aromatic rings. The Balaban J connectivity index is 1.46. The van der Waals surface area contributed by atoms with Crippen LogP contribution in [0.15, 0.2) is 12.7 Å². The van der Waals surface area contributed by atoms with Crippen molar-refractivity contribution in [2.75, 3.05) is 38.5 Å². The number of imidazole rings is 1. The fraction of sp³-hybridized carbons (Fsp3) is 0.828. The van der Waals surface area contributed by atoms with Gasteiger partial charge in [0.2, 0.25) is 0 Å². The van der Waals surface area contributed by atoms with Gasteiger partial charge in [0.25, 0.3) is 7.82 Å². The van der Waals surface area contributed by atoms with Crippen LogP contribution in [0.2, 0.25) is 0 Å². The predicted octanol–water partition coefficient (Wildman–Crippen LogP) is 5.08. The number of nitrogens with two attached hydrogens (primary N) is 1. The molecule has 45 heavy (non-hydrogen) atoms. The van der Waals surface area contributed by atoms with E-state index in [0.717, 1.165) is 19.3 Å². The highest BCUT2D eigenvalue weighted by Gasteiger charge is 2.22. The molecule has 0 fully saturated rings. The lowest BCUT2D eigenvalue weighted by Gasteiger charge is -2.31. The Labute approximate surface area is 267 Å². The topological polar surface area (TPSA) is 207 Å². The Morgan fingerprint density at radius 3 is 2.00 bits per heavy atom. The van der Waals surface area contributed by atoms with E-state index in [1.807, 2.05) is 0 Å². The standard InChI is InChI=1S/C29H55N5O9P2/c1-2-3-4-5-6-7-8-9-10-11-12-13-14-15-16-17-18-40-19-20-42-45(38,39)43-44(36,37)25-41-26(22-35)21-34-24-33-27-28(30)31-23-32-29(27)34/h23-24,26,35H,2-22,25H2,1H3,(H,36,37)(H,38,39)(H2,30,31,32)/p-2/t26-/m0/s1. The summed E-state index contributed by atoms with van der Waals surface area (Å²) in [7, 11) is -10.2. The maximum atomic E-state index is 12.2. The monoisotopic (exact) mass is 677 g/mol. The van der Waals surface area contributed by atoms with Gasteiger partial charge in [-0.2, -0.15) is 0 Å². The minimum Gasteiger partial charge on any atom is -0.777 e. The zero-order valence-electron chi connectivity index (χ0n) is 26.8. The van der Waals surface area contributed by atoms with Crippen LogP contribution in [0, 0.1) is 0 Å². The lowest BCUT2D eigenvalue weighted by atomic mass is 10.0. The average molecular weight is 678 g/mol. The first-order chi connectivity index (χ1) is 21.7. The number of nitrogen functional groups attached to an aromatic ring is 1. The van der Waals surface area contributed by atoms with Gasteiger partial charge in [0.15, 0.2) is 19.1 Å². The zero-order valence-corrected chi connectivity index (χ0v) is 28.6. The summed E-state index contributed by atoms with van der Waals surface area (Å²) in [5, 5.41) is 9.61. The quantitative estimate of drug-likeness (QED) is 0.0852. The molecule has 3 atom stereocenters. The van der Waals surface area contributed by atoms with Crippen molar-refractivity contribution in [3.05, 3.63) is 12.7 Å². The van der Waals surface area contributed by atoms with Crippen LogP contribution in [0.4, 0.5) is 5.82 Å². The smallest absolute Gasteiger partial charge is 0.272 e. The first-order valence-electron chi connectivity index (χ1n) is 16.4. The normalized spacial score (nSPS) is 15.3. The third-order valence-electron chi connectivity index (χ3n) is 7.35. The number of nitrogens with zero attached hydrogens (tertiary/aromatic N) is 4. The lowest BCUT2D eigenvalue weighted by Crippen LogP contribution is -2.26. The largest absolute Gasteiger partial charge is 0.777 e. The predicted molar refractivity (Wildman–Crippen MR) is 169 cm³/mol. The summed E-state index contributed by atoms with van der Waals surface area (Å²) in [6, 6.07) is 0. The van der Waals surface area contributed by atoms with Crippen molar-refractivity contribution in [3.63, 3.8) is 0 Å². The van der Waals surface area contributed by atoms with Gasteiger partial charge >= 0.3 is 0 Å². The molecule has 16 heteroatoms. The number of ether oxygens (including phenoxy) is 2. The Morgan fingerprint density at radius 2 is 1.42 bits per heavy atom. The van der Waals surface area contributed by atoms with Crippen LogP contribution < -0.4 is 15.5 Å². The number of hydrogen-bond donors (Lipinski definition) is 2. The second kappa shape index (κ2) is 23.0. The first kappa shape index (κ1) is 39.7. The molecule has 2 aromatic heterocycles. The number of aliphatic hydroxyl groups excluding tert-OH is 1. The number of phosphoric ester groups is 1. The van der Waals surface area contributed by atoms with E-state index in [4.69, 9.17) is 15.2 Å². The molecule has 2 heterocycles. The maximum absolute atomic E-state index is 12.2. The maximum Gasteiger partial charge on any atom is 0.272 e. The Kier molecular flexibility index (Phi) is 20.3. The molecule has 14 nitrogen and oxygen atoms in total. The molecule has 0 spiro atoms. The SMILES string of the molecule is CCCCCCCCCCCCCCCCCCOCCOP(=O)([O-])OP(=O)([O-])CO[C@H](CO)Cn1cnc2c(N)ncnc21. The minimum absolute atomic E-state index is 0.0203. The van der Waals surface area contributed by atoms with Gasteiger partial charge in [0, 0.05) is 6.61 Å². The van der Waals surface area contributed by atoms with Crippen molar-refractivity contribution in [2.45, 2.75) is 122 Å². The van der Waals surface area contributed by atoms with E-state index in [1.54, 1.807) is 0 Å². The van der Waals surface area contributed by atoms with E-state index < -0.39 is 34.5 Å². The highest BCUT2D eigenvalue weighted by Crippen LogP contribution is 2.54. The van der Waals surface area contributed by atoms with Gasteiger partial charge in [-0.15, -0.1) is 0 Å². The molecule has 0 bridgehead atoms. The molecule has 0 aliphatic carbocycles.